The van der Waals surface area contributed by atoms with Crippen molar-refractivity contribution in [2.45, 2.75) is 6.54 Å². The number of hydrogen-bond acceptors (Lipinski definition) is 5. The maximum atomic E-state index is 6.22. The highest BCUT2D eigenvalue weighted by atomic mass is 35.5. The zero-order chi connectivity index (χ0) is 21.8. The van der Waals surface area contributed by atoms with Gasteiger partial charge >= 0.3 is 0 Å². The molecule has 3 aromatic carbocycles. The zero-order valence-corrected chi connectivity index (χ0v) is 18.5. The number of hydrogen-bond donors (Lipinski definition) is 1. The average Bonchev–Trinajstić information content (AvgIpc) is 2.77. The molecule has 1 aromatic heterocycles. The van der Waals surface area contributed by atoms with Gasteiger partial charge in [-0.2, -0.15) is 0 Å². The molecule has 0 aliphatic carbocycles. The largest absolute Gasteiger partial charge is 0.368 e. The Bertz CT molecular complexity index is 1160. The van der Waals surface area contributed by atoms with Crippen LogP contribution in [0.3, 0.4) is 0 Å². The van der Waals surface area contributed by atoms with Crippen molar-refractivity contribution < 1.29 is 0 Å². The van der Waals surface area contributed by atoms with Crippen LogP contribution in [0, 0.1) is 0 Å². The van der Waals surface area contributed by atoms with Crippen LogP contribution in [0.2, 0.25) is 5.02 Å². The molecule has 1 heterocycles. The highest BCUT2D eigenvalue weighted by Crippen LogP contribution is 2.30. The lowest BCUT2D eigenvalue weighted by Crippen LogP contribution is -2.31. The molecular weight excluding hydrogens is 406 g/mol. The SMILES string of the molecule is CN(C)CCN(Cc1ccccc1)c1ccc(-c2nc(N)nc3ccc(Cl)cc23)cc1. The van der Waals surface area contributed by atoms with Crippen molar-refractivity contribution in [3.05, 3.63) is 83.4 Å². The lowest BCUT2D eigenvalue weighted by molar-refractivity contribution is 0.412. The first-order valence-electron chi connectivity index (χ1n) is 10.3. The van der Waals surface area contributed by atoms with Crippen LogP contribution in [0.4, 0.5) is 11.6 Å². The smallest absolute Gasteiger partial charge is 0.221 e. The van der Waals surface area contributed by atoms with Gasteiger partial charge in [0, 0.05) is 41.3 Å². The Morgan fingerprint density at radius 1 is 0.871 bits per heavy atom. The number of nitrogen functional groups attached to an aromatic ring is 1. The molecule has 0 aliphatic heterocycles. The van der Waals surface area contributed by atoms with Crippen LogP contribution in [0.15, 0.2) is 72.8 Å². The van der Waals surface area contributed by atoms with E-state index >= 15 is 0 Å². The number of rotatable bonds is 7. The summed E-state index contributed by atoms with van der Waals surface area (Å²) in [5.74, 6) is 0.255. The lowest BCUT2D eigenvalue weighted by atomic mass is 10.1. The van der Waals surface area contributed by atoms with Crippen LogP contribution in [0.1, 0.15) is 5.56 Å². The Morgan fingerprint density at radius 3 is 2.32 bits per heavy atom. The molecule has 0 radical (unpaired) electrons. The second-order valence-electron chi connectivity index (χ2n) is 7.85. The van der Waals surface area contributed by atoms with Gasteiger partial charge < -0.3 is 15.5 Å². The molecule has 4 aromatic rings. The maximum absolute atomic E-state index is 6.22. The quantitative estimate of drug-likeness (QED) is 0.441. The highest BCUT2D eigenvalue weighted by Gasteiger charge is 2.12. The molecule has 0 aliphatic rings. The molecular formula is C25H26ClN5. The Kier molecular flexibility index (Phi) is 6.35. The van der Waals surface area contributed by atoms with Gasteiger partial charge in [0.05, 0.1) is 11.2 Å². The third-order valence-electron chi connectivity index (χ3n) is 5.21. The fourth-order valence-electron chi connectivity index (χ4n) is 3.59. The van der Waals surface area contributed by atoms with E-state index in [0.29, 0.717) is 5.02 Å². The van der Waals surface area contributed by atoms with Crippen LogP contribution < -0.4 is 10.6 Å². The Morgan fingerprint density at radius 2 is 1.61 bits per heavy atom. The first-order valence-corrected chi connectivity index (χ1v) is 10.6. The van der Waals surface area contributed by atoms with Gasteiger partial charge in [0.15, 0.2) is 0 Å². The molecule has 0 saturated carbocycles. The summed E-state index contributed by atoms with van der Waals surface area (Å²) < 4.78 is 0. The molecule has 0 saturated heterocycles. The number of benzene rings is 3. The van der Waals surface area contributed by atoms with Crippen LogP contribution in [0.5, 0.6) is 0 Å². The van der Waals surface area contributed by atoms with E-state index in [-0.39, 0.29) is 5.95 Å². The summed E-state index contributed by atoms with van der Waals surface area (Å²) in [5, 5.41) is 1.54. The number of nitrogens with zero attached hydrogens (tertiary/aromatic N) is 4. The normalized spacial score (nSPS) is 11.2. The fraction of sp³-hybridized carbons (Fsp3) is 0.200. The van der Waals surface area contributed by atoms with Gasteiger partial charge in [-0.05, 0) is 50.0 Å². The van der Waals surface area contributed by atoms with Crippen LogP contribution >= 0.6 is 11.6 Å². The monoisotopic (exact) mass is 431 g/mol. The lowest BCUT2D eigenvalue weighted by Gasteiger charge is -2.27. The predicted molar refractivity (Wildman–Crippen MR) is 130 cm³/mol. The molecule has 0 bridgehead atoms. The van der Waals surface area contributed by atoms with Crippen LogP contribution in [-0.2, 0) is 6.54 Å². The summed E-state index contributed by atoms with van der Waals surface area (Å²) in [4.78, 5) is 13.4. The van der Waals surface area contributed by atoms with E-state index in [1.807, 2.05) is 24.3 Å². The van der Waals surface area contributed by atoms with E-state index in [9.17, 15) is 0 Å². The number of halogens is 1. The second-order valence-corrected chi connectivity index (χ2v) is 8.29. The van der Waals surface area contributed by atoms with E-state index in [2.05, 4.69) is 82.4 Å². The van der Waals surface area contributed by atoms with Gasteiger partial charge in [-0.25, -0.2) is 9.97 Å². The molecule has 158 valence electrons. The number of likely N-dealkylation sites (N-methyl/N-ethyl adjacent to an activating group) is 1. The predicted octanol–water partition coefficient (Wildman–Crippen LogP) is 5.10. The molecule has 31 heavy (non-hydrogen) atoms. The number of aromatic nitrogens is 2. The van der Waals surface area contributed by atoms with Gasteiger partial charge in [-0.3, -0.25) is 0 Å². The number of nitrogens with two attached hydrogens (primary N) is 1. The van der Waals surface area contributed by atoms with Crippen molar-refractivity contribution in [1.82, 2.24) is 14.9 Å². The van der Waals surface area contributed by atoms with E-state index in [1.54, 1.807) is 0 Å². The maximum Gasteiger partial charge on any atom is 0.221 e. The van der Waals surface area contributed by atoms with E-state index in [1.165, 1.54) is 11.3 Å². The number of anilines is 2. The molecule has 0 atom stereocenters. The van der Waals surface area contributed by atoms with Crippen LogP contribution in [0.25, 0.3) is 22.2 Å². The molecule has 0 fully saturated rings. The van der Waals surface area contributed by atoms with Gasteiger partial charge in [-0.1, -0.05) is 54.1 Å². The topological polar surface area (TPSA) is 58.3 Å². The highest BCUT2D eigenvalue weighted by molar-refractivity contribution is 6.31. The molecule has 5 nitrogen and oxygen atoms in total. The average molecular weight is 432 g/mol. The van der Waals surface area contributed by atoms with E-state index in [0.717, 1.165) is 41.8 Å². The van der Waals surface area contributed by atoms with Gasteiger partial charge in [0.25, 0.3) is 0 Å². The summed E-state index contributed by atoms with van der Waals surface area (Å²) in [6.45, 7) is 2.76. The van der Waals surface area contributed by atoms with Gasteiger partial charge in [0.1, 0.15) is 0 Å². The summed E-state index contributed by atoms with van der Waals surface area (Å²) in [7, 11) is 4.19. The van der Waals surface area contributed by atoms with Crippen molar-refractivity contribution in [2.24, 2.45) is 0 Å². The Hall–Kier alpha value is -3.15. The second kappa shape index (κ2) is 9.33. The van der Waals surface area contributed by atoms with Crippen molar-refractivity contribution in [1.29, 1.82) is 0 Å². The fourth-order valence-corrected chi connectivity index (χ4v) is 3.76. The molecule has 6 heteroatoms. The minimum absolute atomic E-state index is 0.255. The minimum Gasteiger partial charge on any atom is -0.368 e. The standard InChI is InChI=1S/C25H26ClN5/c1-30(2)14-15-31(17-18-6-4-3-5-7-18)21-11-8-19(9-12-21)24-22-16-20(26)10-13-23(22)28-25(27)29-24/h3-13,16H,14-15,17H2,1-2H3,(H2,27,28,29). The number of fused-ring (bicyclic) bond motifs is 1. The Balaban J connectivity index is 1.67. The third-order valence-corrected chi connectivity index (χ3v) is 5.45. The molecule has 0 unspecified atom stereocenters. The summed E-state index contributed by atoms with van der Waals surface area (Å²) in [6.07, 6.45) is 0. The summed E-state index contributed by atoms with van der Waals surface area (Å²) in [5.41, 5.74) is 11.0. The summed E-state index contributed by atoms with van der Waals surface area (Å²) >= 11 is 6.22. The Labute approximate surface area is 188 Å². The third kappa shape index (κ3) is 5.13. The first-order chi connectivity index (χ1) is 15.0. The van der Waals surface area contributed by atoms with Crippen molar-refractivity contribution in [2.75, 3.05) is 37.8 Å². The first kappa shape index (κ1) is 21.1. The molecule has 0 amide bonds. The van der Waals surface area contributed by atoms with Crippen LogP contribution in [-0.4, -0.2) is 42.1 Å². The van der Waals surface area contributed by atoms with Gasteiger partial charge in [0.2, 0.25) is 5.95 Å². The van der Waals surface area contributed by atoms with E-state index in [4.69, 9.17) is 17.3 Å². The molecule has 4 rings (SSSR count). The molecule has 2 N–H and O–H groups in total. The molecule has 0 spiro atoms. The van der Waals surface area contributed by atoms with Crippen molar-refractivity contribution in [3.8, 4) is 11.3 Å². The van der Waals surface area contributed by atoms with Gasteiger partial charge in [-0.15, -0.1) is 0 Å². The van der Waals surface area contributed by atoms with Crippen molar-refractivity contribution >= 4 is 34.1 Å². The van der Waals surface area contributed by atoms with E-state index < -0.39 is 0 Å². The zero-order valence-electron chi connectivity index (χ0n) is 17.8. The minimum atomic E-state index is 0.255. The van der Waals surface area contributed by atoms with Crippen molar-refractivity contribution in [3.63, 3.8) is 0 Å². The summed E-state index contributed by atoms with van der Waals surface area (Å²) in [6, 6.07) is 24.6.